The molecule has 0 aromatic heterocycles. The van der Waals surface area contributed by atoms with Gasteiger partial charge in [0.15, 0.2) is 0 Å². The lowest BCUT2D eigenvalue weighted by Crippen LogP contribution is -2.15. The molecule has 0 radical (unpaired) electrons. The smallest absolute Gasteiger partial charge is 0.303 e. The van der Waals surface area contributed by atoms with Gasteiger partial charge in [-0.15, -0.1) is 0 Å². The molecule has 0 atom stereocenters. The van der Waals surface area contributed by atoms with Crippen molar-refractivity contribution in [2.45, 2.75) is 31.6 Å². The van der Waals surface area contributed by atoms with Crippen LogP contribution in [0.25, 0.3) is 0 Å². The molecule has 17 heavy (non-hydrogen) atoms. The Balaban J connectivity index is 2.04. The molecule has 1 aromatic carbocycles. The molecule has 1 fully saturated rings. The van der Waals surface area contributed by atoms with Crippen LogP contribution in [0.5, 0.6) is 0 Å². The Morgan fingerprint density at radius 2 is 1.88 bits per heavy atom. The maximum atomic E-state index is 13.7. The monoisotopic (exact) mass is 240 g/mol. The van der Waals surface area contributed by atoms with Crippen LogP contribution < -0.4 is 0 Å². The van der Waals surface area contributed by atoms with Crippen molar-refractivity contribution in [2.24, 2.45) is 5.92 Å². The number of aliphatic carboxylic acids is 1. The average Bonchev–Trinajstić information content (AvgIpc) is 3.11. The fraction of sp³-hybridized carbons (Fsp3) is 0.462. The molecule has 0 amide bonds. The van der Waals surface area contributed by atoms with Crippen molar-refractivity contribution in [1.82, 2.24) is 0 Å². The largest absolute Gasteiger partial charge is 0.481 e. The predicted octanol–water partition coefficient (Wildman–Crippen LogP) is 3.21. The maximum Gasteiger partial charge on any atom is 0.303 e. The van der Waals surface area contributed by atoms with Crippen LogP contribution in [0.3, 0.4) is 0 Å². The molecule has 1 saturated carbocycles. The number of hydrogen-bond acceptors (Lipinski definition) is 1. The van der Waals surface area contributed by atoms with Gasteiger partial charge in [-0.05, 0) is 24.8 Å². The summed E-state index contributed by atoms with van der Waals surface area (Å²) in [7, 11) is 0. The van der Waals surface area contributed by atoms with E-state index in [0.717, 1.165) is 5.56 Å². The van der Waals surface area contributed by atoms with E-state index in [-0.39, 0.29) is 12.0 Å². The quantitative estimate of drug-likeness (QED) is 0.858. The normalized spacial score (nSPS) is 15.9. The molecule has 2 rings (SSSR count). The third-order valence-corrected chi connectivity index (χ3v) is 3.06. The van der Waals surface area contributed by atoms with Gasteiger partial charge >= 0.3 is 5.97 Å². The van der Waals surface area contributed by atoms with Crippen LogP contribution in [-0.2, 0) is 17.1 Å². The second-order valence-corrected chi connectivity index (χ2v) is 4.49. The van der Waals surface area contributed by atoms with Crippen LogP contribution in [0.4, 0.5) is 8.78 Å². The first-order valence-electron chi connectivity index (χ1n) is 5.69. The number of aryl methyl sites for hydroxylation is 1. The van der Waals surface area contributed by atoms with Gasteiger partial charge in [0.1, 0.15) is 0 Å². The lowest BCUT2D eigenvalue weighted by atomic mass is 10.0. The second kappa shape index (κ2) is 4.43. The van der Waals surface area contributed by atoms with Gasteiger partial charge in [0.25, 0.3) is 5.92 Å². The van der Waals surface area contributed by atoms with Gasteiger partial charge in [0, 0.05) is 17.9 Å². The van der Waals surface area contributed by atoms with Crippen LogP contribution in [0.15, 0.2) is 24.3 Å². The molecule has 92 valence electrons. The summed E-state index contributed by atoms with van der Waals surface area (Å²) in [5, 5.41) is 8.52. The molecule has 0 spiro atoms. The summed E-state index contributed by atoms with van der Waals surface area (Å²) in [5.41, 5.74) is 0.821. The van der Waals surface area contributed by atoms with Gasteiger partial charge in [0.2, 0.25) is 0 Å². The molecule has 0 unspecified atom stereocenters. The zero-order valence-corrected chi connectivity index (χ0v) is 9.33. The van der Waals surface area contributed by atoms with E-state index in [1.165, 1.54) is 12.1 Å². The standard InChI is InChI=1S/C13H14F2O2/c14-13(15,11-6-7-11)10-4-1-9(2-5-10)3-8-12(16)17/h1-2,4-5,11H,3,6-8H2,(H,16,17). The third kappa shape index (κ3) is 2.81. The Kier molecular flexibility index (Phi) is 3.13. The highest BCUT2D eigenvalue weighted by Crippen LogP contribution is 2.49. The average molecular weight is 240 g/mol. The van der Waals surface area contributed by atoms with Crippen molar-refractivity contribution in [3.63, 3.8) is 0 Å². The minimum atomic E-state index is -2.73. The Hall–Kier alpha value is -1.45. The first-order chi connectivity index (χ1) is 8.00. The van der Waals surface area contributed by atoms with Gasteiger partial charge in [0.05, 0.1) is 0 Å². The van der Waals surface area contributed by atoms with E-state index in [2.05, 4.69) is 0 Å². The van der Waals surface area contributed by atoms with Crippen LogP contribution in [0, 0.1) is 5.92 Å². The number of alkyl halides is 2. The first kappa shape index (κ1) is 12.0. The second-order valence-electron chi connectivity index (χ2n) is 4.49. The number of carboxylic acids is 1. The Morgan fingerprint density at radius 1 is 1.29 bits per heavy atom. The maximum absolute atomic E-state index is 13.7. The Bertz CT molecular complexity index is 408. The van der Waals surface area contributed by atoms with Gasteiger partial charge in [-0.3, -0.25) is 4.79 Å². The highest BCUT2D eigenvalue weighted by atomic mass is 19.3. The SMILES string of the molecule is O=C(O)CCc1ccc(C(F)(F)C2CC2)cc1. The summed E-state index contributed by atoms with van der Waals surface area (Å²) in [6, 6.07) is 6.01. The van der Waals surface area contributed by atoms with E-state index in [0.29, 0.717) is 19.3 Å². The van der Waals surface area contributed by atoms with Gasteiger partial charge in [-0.1, -0.05) is 24.3 Å². The molecule has 1 aliphatic carbocycles. The number of halogens is 2. The van der Waals surface area contributed by atoms with Crippen LogP contribution in [0.1, 0.15) is 30.4 Å². The first-order valence-corrected chi connectivity index (χ1v) is 5.69. The van der Waals surface area contributed by atoms with E-state index in [1.807, 2.05) is 0 Å². The van der Waals surface area contributed by atoms with E-state index < -0.39 is 17.8 Å². The number of carbonyl (C=O) groups is 1. The molecule has 2 nitrogen and oxygen atoms in total. The molecule has 0 bridgehead atoms. The summed E-state index contributed by atoms with van der Waals surface area (Å²) in [4.78, 5) is 10.4. The number of benzene rings is 1. The topological polar surface area (TPSA) is 37.3 Å². The Morgan fingerprint density at radius 3 is 2.35 bits per heavy atom. The van der Waals surface area contributed by atoms with Crippen LogP contribution >= 0.6 is 0 Å². The molecule has 1 aliphatic rings. The van der Waals surface area contributed by atoms with Crippen LogP contribution in [-0.4, -0.2) is 11.1 Å². The molecule has 1 N–H and O–H groups in total. The number of carboxylic acid groups (broad SMARTS) is 1. The molecular formula is C13H14F2O2. The van der Waals surface area contributed by atoms with Crippen molar-refractivity contribution >= 4 is 5.97 Å². The number of rotatable bonds is 5. The lowest BCUT2D eigenvalue weighted by molar-refractivity contribution is -0.136. The van der Waals surface area contributed by atoms with Crippen molar-refractivity contribution in [3.05, 3.63) is 35.4 Å². The summed E-state index contributed by atoms with van der Waals surface area (Å²) in [5.74, 6) is -4.12. The molecule has 0 saturated heterocycles. The molecule has 0 heterocycles. The van der Waals surface area contributed by atoms with Crippen molar-refractivity contribution in [3.8, 4) is 0 Å². The zero-order chi connectivity index (χ0) is 12.5. The highest BCUT2D eigenvalue weighted by molar-refractivity contribution is 5.67. The zero-order valence-electron chi connectivity index (χ0n) is 9.33. The molecule has 0 aliphatic heterocycles. The van der Waals surface area contributed by atoms with E-state index in [4.69, 9.17) is 5.11 Å². The predicted molar refractivity (Wildman–Crippen MR) is 59.0 cm³/mol. The molecule has 4 heteroatoms. The third-order valence-electron chi connectivity index (χ3n) is 3.06. The molecular weight excluding hydrogens is 226 g/mol. The minimum absolute atomic E-state index is 0.0262. The lowest BCUT2D eigenvalue weighted by Gasteiger charge is -2.16. The van der Waals surface area contributed by atoms with E-state index >= 15 is 0 Å². The van der Waals surface area contributed by atoms with Crippen molar-refractivity contribution in [1.29, 1.82) is 0 Å². The Labute approximate surface area is 98.3 Å². The highest BCUT2D eigenvalue weighted by Gasteiger charge is 2.47. The van der Waals surface area contributed by atoms with E-state index in [1.54, 1.807) is 12.1 Å². The summed E-state index contributed by atoms with van der Waals surface area (Å²) in [6.07, 6.45) is 1.59. The number of hydrogen-bond donors (Lipinski definition) is 1. The summed E-state index contributed by atoms with van der Waals surface area (Å²) >= 11 is 0. The van der Waals surface area contributed by atoms with Crippen molar-refractivity contribution < 1.29 is 18.7 Å². The van der Waals surface area contributed by atoms with Gasteiger partial charge in [-0.25, -0.2) is 8.78 Å². The molecule has 1 aromatic rings. The fourth-order valence-corrected chi connectivity index (χ4v) is 1.83. The fourth-order valence-electron chi connectivity index (χ4n) is 1.83. The summed E-state index contributed by atoms with van der Waals surface area (Å²) < 4.78 is 27.4. The van der Waals surface area contributed by atoms with E-state index in [9.17, 15) is 13.6 Å². The van der Waals surface area contributed by atoms with Crippen molar-refractivity contribution in [2.75, 3.05) is 0 Å². The van der Waals surface area contributed by atoms with Gasteiger partial charge < -0.3 is 5.11 Å². The van der Waals surface area contributed by atoms with Crippen LogP contribution in [0.2, 0.25) is 0 Å². The summed E-state index contributed by atoms with van der Waals surface area (Å²) in [6.45, 7) is 0. The van der Waals surface area contributed by atoms with Gasteiger partial charge in [-0.2, -0.15) is 0 Å². The minimum Gasteiger partial charge on any atom is -0.481 e.